The Balaban J connectivity index is 1.38. The molecule has 0 aliphatic rings. The summed E-state index contributed by atoms with van der Waals surface area (Å²) in [7, 11) is 0. The van der Waals surface area contributed by atoms with Gasteiger partial charge in [0.2, 0.25) is 22.1 Å². The number of rotatable bonds is 7. The summed E-state index contributed by atoms with van der Waals surface area (Å²) >= 11 is 7.64. The second-order valence-electron chi connectivity index (χ2n) is 12.5. The minimum Gasteiger partial charge on any atom is -0.299 e. The molecule has 0 saturated carbocycles. The highest BCUT2D eigenvalue weighted by Gasteiger charge is 2.28. The van der Waals surface area contributed by atoms with E-state index in [4.69, 9.17) is 0 Å². The number of aromatic nitrogens is 2. The molecular formula is C42H30F2N4O2S2+2. The quantitative estimate of drug-likeness (QED) is 0.0764. The van der Waals surface area contributed by atoms with Crippen LogP contribution in [-0.4, -0.2) is 11.8 Å². The van der Waals surface area contributed by atoms with Crippen molar-refractivity contribution in [1.29, 1.82) is 0 Å². The molecule has 2 N–H and O–H groups in total. The van der Waals surface area contributed by atoms with Crippen molar-refractivity contribution in [3.05, 3.63) is 167 Å². The number of hydrogen-bond donors (Lipinski definition) is 4. The minimum absolute atomic E-state index is 0.187. The van der Waals surface area contributed by atoms with Crippen LogP contribution in [0, 0.1) is 11.6 Å². The summed E-state index contributed by atoms with van der Waals surface area (Å²) in [6.07, 6.45) is 0. The number of nitrogens with zero attached hydrogens (tertiary/aromatic N) is 2. The summed E-state index contributed by atoms with van der Waals surface area (Å²) in [5.41, 5.74) is 6.93. The van der Waals surface area contributed by atoms with Crippen molar-refractivity contribution in [3.63, 3.8) is 0 Å². The zero-order chi connectivity index (χ0) is 35.9. The molecule has 8 rings (SSSR count). The van der Waals surface area contributed by atoms with E-state index in [9.17, 15) is 9.59 Å². The highest BCUT2D eigenvalue weighted by atomic mass is 32.1. The number of halogens is 2. The third kappa shape index (κ3) is 5.70. The SMILES string of the molecule is O=C(NS)c1ccc(C[n+]2c3ccccc3c(-c3c4ccccc4[n+](Cc4ccc(C(=O)NS)cc4F)c4ccccc34)c3ccccc32)c(F)c1. The average Bonchev–Trinajstić information content (AvgIpc) is 3.18. The normalized spacial score (nSPS) is 11.4. The van der Waals surface area contributed by atoms with Crippen LogP contribution in [0.15, 0.2) is 133 Å². The molecule has 254 valence electrons. The Morgan fingerprint density at radius 1 is 0.481 bits per heavy atom. The summed E-state index contributed by atoms with van der Waals surface area (Å²) < 4.78 is 39.8. The van der Waals surface area contributed by atoms with Gasteiger partial charge in [-0.1, -0.05) is 74.2 Å². The van der Waals surface area contributed by atoms with Gasteiger partial charge in [-0.15, -0.1) is 0 Å². The lowest BCUT2D eigenvalue weighted by Gasteiger charge is -2.17. The van der Waals surface area contributed by atoms with Crippen molar-refractivity contribution in [1.82, 2.24) is 9.44 Å². The fourth-order valence-electron chi connectivity index (χ4n) is 7.21. The lowest BCUT2D eigenvalue weighted by Crippen LogP contribution is -2.37. The van der Waals surface area contributed by atoms with Crippen LogP contribution in [0.3, 0.4) is 0 Å². The van der Waals surface area contributed by atoms with Gasteiger partial charge < -0.3 is 0 Å². The molecule has 0 unspecified atom stereocenters. The first kappa shape index (κ1) is 33.3. The Morgan fingerprint density at radius 3 is 1.08 bits per heavy atom. The smallest absolute Gasteiger partial charge is 0.261 e. The Labute approximate surface area is 308 Å². The predicted molar refractivity (Wildman–Crippen MR) is 206 cm³/mol. The van der Waals surface area contributed by atoms with Gasteiger partial charge in [0.05, 0.1) is 32.7 Å². The lowest BCUT2D eigenvalue weighted by molar-refractivity contribution is -0.636. The number of nitrogens with one attached hydrogen (secondary N) is 2. The van der Waals surface area contributed by atoms with E-state index in [1.165, 1.54) is 12.1 Å². The molecule has 0 aliphatic carbocycles. The molecule has 0 spiro atoms. The highest BCUT2D eigenvalue weighted by molar-refractivity contribution is 7.79. The minimum atomic E-state index is -0.486. The van der Waals surface area contributed by atoms with E-state index in [2.05, 4.69) is 68.5 Å². The van der Waals surface area contributed by atoms with Crippen molar-refractivity contribution in [2.45, 2.75) is 13.1 Å². The third-order valence-electron chi connectivity index (χ3n) is 9.60. The van der Waals surface area contributed by atoms with Crippen molar-refractivity contribution < 1.29 is 27.5 Å². The fourth-order valence-corrected chi connectivity index (χ4v) is 7.47. The third-order valence-corrected chi connectivity index (χ3v) is 10.0. The Hall–Kier alpha value is -5.84. The number of hydrogen-bond acceptors (Lipinski definition) is 4. The van der Waals surface area contributed by atoms with Crippen LogP contribution >= 0.6 is 25.6 Å². The molecule has 0 aliphatic heterocycles. The van der Waals surface area contributed by atoms with Gasteiger partial charge in [-0.3, -0.25) is 19.0 Å². The van der Waals surface area contributed by atoms with E-state index in [0.717, 1.165) is 54.7 Å². The topological polar surface area (TPSA) is 66.0 Å². The van der Waals surface area contributed by atoms with Gasteiger partial charge in [0.1, 0.15) is 11.6 Å². The van der Waals surface area contributed by atoms with Crippen LogP contribution in [0.5, 0.6) is 0 Å². The first-order chi connectivity index (χ1) is 25.4. The van der Waals surface area contributed by atoms with Crippen molar-refractivity contribution >= 4 is 81.1 Å². The Morgan fingerprint density at radius 2 is 0.788 bits per heavy atom. The summed E-state index contributed by atoms with van der Waals surface area (Å²) in [6.45, 7) is 0.457. The summed E-state index contributed by atoms with van der Waals surface area (Å²) in [5.74, 6) is -1.93. The Bertz CT molecular complexity index is 2450. The predicted octanol–water partition coefficient (Wildman–Crippen LogP) is 8.07. The molecule has 0 fully saturated rings. The molecule has 2 amide bonds. The van der Waals surface area contributed by atoms with Crippen molar-refractivity contribution in [2.24, 2.45) is 0 Å². The number of carbonyl (C=O) groups excluding carboxylic acids is 2. The van der Waals surface area contributed by atoms with Crippen LogP contribution in [0.2, 0.25) is 0 Å². The van der Waals surface area contributed by atoms with Gasteiger partial charge in [0.25, 0.3) is 11.8 Å². The maximum atomic E-state index is 15.6. The molecule has 2 heterocycles. The number of pyridine rings is 2. The molecule has 8 aromatic rings. The molecule has 10 heteroatoms. The number of fused-ring (bicyclic) bond motifs is 4. The molecule has 2 aromatic heterocycles. The van der Waals surface area contributed by atoms with E-state index in [1.807, 2.05) is 72.8 Å². The Kier molecular flexibility index (Phi) is 8.78. The zero-order valence-electron chi connectivity index (χ0n) is 27.5. The van der Waals surface area contributed by atoms with E-state index < -0.39 is 23.4 Å². The number of para-hydroxylation sites is 4. The van der Waals surface area contributed by atoms with E-state index in [-0.39, 0.29) is 24.2 Å². The van der Waals surface area contributed by atoms with E-state index in [0.29, 0.717) is 11.1 Å². The molecule has 0 bridgehead atoms. The molecule has 0 atom stereocenters. The molecular weight excluding hydrogens is 695 g/mol. The summed E-state index contributed by atoms with van der Waals surface area (Å²) in [4.78, 5) is 24.2. The molecule has 6 nitrogen and oxygen atoms in total. The first-order valence-electron chi connectivity index (χ1n) is 16.5. The maximum absolute atomic E-state index is 15.6. The highest BCUT2D eigenvalue weighted by Crippen LogP contribution is 2.41. The van der Waals surface area contributed by atoms with Gasteiger partial charge in [0, 0.05) is 46.5 Å². The van der Waals surface area contributed by atoms with E-state index >= 15 is 8.78 Å². The van der Waals surface area contributed by atoms with Crippen LogP contribution in [0.1, 0.15) is 31.8 Å². The molecule has 52 heavy (non-hydrogen) atoms. The average molecular weight is 725 g/mol. The number of amides is 2. The van der Waals surface area contributed by atoms with Crippen LogP contribution in [0.4, 0.5) is 8.78 Å². The standard InChI is InChI=1S/C42H28F2N4O2S2/c43-33-21-25(41(49)45-51)17-19-27(33)23-47-35-13-5-1-9-29(35)39(30-10-2-6-14-36(30)47)40-31-11-3-7-15-37(31)48(38-16-8-4-12-32(38)40)24-28-20-18-26(22-34(28)44)42(50)46-52/h1-22H,23-24H2,(H2-2,45,46,49,50,51,52)/p+2. The van der Waals surface area contributed by atoms with E-state index in [1.54, 1.807) is 24.3 Å². The van der Waals surface area contributed by atoms with Gasteiger partial charge in [-0.25, -0.2) is 8.78 Å². The van der Waals surface area contributed by atoms with Gasteiger partial charge >= 0.3 is 0 Å². The lowest BCUT2D eigenvalue weighted by atomic mass is 9.90. The van der Waals surface area contributed by atoms with Crippen LogP contribution < -0.4 is 18.6 Å². The number of carbonyl (C=O) groups is 2. The molecule has 0 saturated heterocycles. The number of benzene rings is 6. The summed E-state index contributed by atoms with van der Waals surface area (Å²) in [6, 6.07) is 41.4. The van der Waals surface area contributed by atoms with Gasteiger partial charge in [-0.2, -0.15) is 9.13 Å². The fraction of sp³-hybridized carbons (Fsp3) is 0.0476. The molecule has 0 radical (unpaired) electrons. The monoisotopic (exact) mass is 724 g/mol. The maximum Gasteiger partial charge on any atom is 0.261 e. The van der Waals surface area contributed by atoms with Gasteiger partial charge in [-0.05, 0) is 60.7 Å². The molecule has 6 aromatic carbocycles. The largest absolute Gasteiger partial charge is 0.299 e. The second-order valence-corrected chi connectivity index (χ2v) is 12.9. The number of thiol groups is 2. The first-order valence-corrected chi connectivity index (χ1v) is 17.4. The summed E-state index contributed by atoms with van der Waals surface area (Å²) in [5, 5.41) is 3.91. The van der Waals surface area contributed by atoms with Crippen molar-refractivity contribution in [3.8, 4) is 11.1 Å². The van der Waals surface area contributed by atoms with Gasteiger partial charge in [0.15, 0.2) is 13.1 Å². The second kappa shape index (κ2) is 13.7. The zero-order valence-corrected chi connectivity index (χ0v) is 29.3. The van der Waals surface area contributed by atoms with Crippen LogP contribution in [0.25, 0.3) is 54.7 Å². The van der Waals surface area contributed by atoms with Crippen LogP contribution in [-0.2, 0) is 13.1 Å². The van der Waals surface area contributed by atoms with Crippen molar-refractivity contribution in [2.75, 3.05) is 0 Å².